The number of nitrogens with one attached hydrogen (secondary N) is 1. The summed E-state index contributed by atoms with van der Waals surface area (Å²) >= 11 is 0. The fourth-order valence-corrected chi connectivity index (χ4v) is 2.18. The molecule has 0 bridgehead atoms. The molecule has 0 aliphatic heterocycles. The number of hydrogen-bond donors (Lipinski definition) is 2. The van der Waals surface area contributed by atoms with Crippen LogP contribution in [0.3, 0.4) is 0 Å². The van der Waals surface area contributed by atoms with Gasteiger partial charge in [-0.2, -0.15) is 0 Å². The van der Waals surface area contributed by atoms with Crippen molar-refractivity contribution in [3.05, 3.63) is 29.8 Å². The van der Waals surface area contributed by atoms with E-state index in [9.17, 15) is 9.59 Å². The highest BCUT2D eigenvalue weighted by Gasteiger charge is 2.25. The standard InChI is InChI=1S/C20H31NO6/c1-5-6-12-26-18(23)17(21-19(24)27-20(2,3)4)14-15-7-9-16(10-8-15)25-13-11-22/h7-10,17,22H,5-6,11-14H2,1-4H3,(H,21,24). The monoisotopic (exact) mass is 381 g/mol. The van der Waals surface area contributed by atoms with Gasteiger partial charge in [0.1, 0.15) is 24.0 Å². The number of ether oxygens (including phenoxy) is 3. The van der Waals surface area contributed by atoms with Gasteiger partial charge in [0.2, 0.25) is 0 Å². The van der Waals surface area contributed by atoms with Crippen LogP contribution in [0, 0.1) is 0 Å². The molecular weight excluding hydrogens is 350 g/mol. The zero-order valence-electron chi connectivity index (χ0n) is 16.6. The molecule has 1 unspecified atom stereocenters. The third kappa shape index (κ3) is 9.84. The quantitative estimate of drug-likeness (QED) is 0.478. The van der Waals surface area contributed by atoms with Crippen molar-refractivity contribution in [1.29, 1.82) is 0 Å². The third-order valence-corrected chi connectivity index (χ3v) is 3.44. The molecule has 0 heterocycles. The van der Waals surface area contributed by atoms with Crippen molar-refractivity contribution in [3.63, 3.8) is 0 Å². The molecule has 2 N–H and O–H groups in total. The summed E-state index contributed by atoms with van der Waals surface area (Å²) < 4.78 is 15.8. The van der Waals surface area contributed by atoms with Crippen molar-refractivity contribution in [2.45, 2.75) is 58.6 Å². The predicted molar refractivity (Wildman–Crippen MR) is 102 cm³/mol. The summed E-state index contributed by atoms with van der Waals surface area (Å²) in [6.45, 7) is 7.74. The minimum atomic E-state index is -0.846. The van der Waals surface area contributed by atoms with Crippen LogP contribution >= 0.6 is 0 Å². The first-order valence-electron chi connectivity index (χ1n) is 9.24. The molecule has 1 aromatic rings. The molecule has 1 rings (SSSR count). The molecule has 0 fully saturated rings. The zero-order valence-corrected chi connectivity index (χ0v) is 16.6. The highest BCUT2D eigenvalue weighted by atomic mass is 16.6. The summed E-state index contributed by atoms with van der Waals surface area (Å²) in [6, 6.07) is 6.25. The highest BCUT2D eigenvalue weighted by Crippen LogP contribution is 2.14. The number of hydrogen-bond acceptors (Lipinski definition) is 6. The van der Waals surface area contributed by atoms with Crippen molar-refractivity contribution >= 4 is 12.1 Å². The summed E-state index contributed by atoms with van der Waals surface area (Å²) in [5, 5.41) is 11.4. The molecule has 7 heteroatoms. The average Bonchev–Trinajstić information content (AvgIpc) is 2.59. The third-order valence-electron chi connectivity index (χ3n) is 3.44. The van der Waals surface area contributed by atoms with Gasteiger partial charge in [0, 0.05) is 6.42 Å². The SMILES string of the molecule is CCCCOC(=O)C(Cc1ccc(OCCO)cc1)NC(=O)OC(C)(C)C. The number of carbonyl (C=O) groups is 2. The van der Waals surface area contributed by atoms with Crippen molar-refractivity contribution in [2.24, 2.45) is 0 Å². The second-order valence-corrected chi connectivity index (χ2v) is 7.14. The fraction of sp³-hybridized carbons (Fsp3) is 0.600. The molecule has 0 radical (unpaired) electrons. The van der Waals surface area contributed by atoms with Gasteiger partial charge < -0.3 is 24.6 Å². The van der Waals surface area contributed by atoms with Gasteiger partial charge in [0.15, 0.2) is 0 Å². The van der Waals surface area contributed by atoms with Crippen LogP contribution in [0.25, 0.3) is 0 Å². The van der Waals surface area contributed by atoms with E-state index in [1.807, 2.05) is 6.92 Å². The molecule has 0 spiro atoms. The first-order chi connectivity index (χ1) is 12.7. The van der Waals surface area contributed by atoms with Crippen LogP contribution < -0.4 is 10.1 Å². The number of rotatable bonds is 10. The number of esters is 1. The Morgan fingerprint density at radius 3 is 2.37 bits per heavy atom. The molecule has 0 aliphatic rings. The van der Waals surface area contributed by atoms with Crippen LogP contribution in [0.15, 0.2) is 24.3 Å². The molecule has 152 valence electrons. The number of carbonyl (C=O) groups excluding carboxylic acids is 2. The van der Waals surface area contributed by atoms with Crippen molar-refractivity contribution < 1.29 is 28.9 Å². The minimum absolute atomic E-state index is 0.0623. The summed E-state index contributed by atoms with van der Waals surface area (Å²) in [7, 11) is 0. The number of alkyl carbamates (subject to hydrolysis) is 1. The lowest BCUT2D eigenvalue weighted by molar-refractivity contribution is -0.146. The topological polar surface area (TPSA) is 94.1 Å². The summed E-state index contributed by atoms with van der Waals surface area (Å²) in [4.78, 5) is 24.5. The molecule has 1 atom stereocenters. The largest absolute Gasteiger partial charge is 0.491 e. The minimum Gasteiger partial charge on any atom is -0.491 e. The maximum atomic E-state index is 12.4. The van der Waals surface area contributed by atoms with E-state index in [0.717, 1.165) is 18.4 Å². The maximum Gasteiger partial charge on any atom is 0.408 e. The van der Waals surface area contributed by atoms with Gasteiger partial charge in [-0.15, -0.1) is 0 Å². The van der Waals surface area contributed by atoms with E-state index in [0.29, 0.717) is 12.4 Å². The number of amides is 1. The number of unbranched alkanes of at least 4 members (excludes halogenated alkanes) is 1. The Bertz CT molecular complexity index is 579. The van der Waals surface area contributed by atoms with Crippen molar-refractivity contribution in [3.8, 4) is 5.75 Å². The van der Waals surface area contributed by atoms with Crippen LogP contribution in [0.1, 0.15) is 46.1 Å². The zero-order chi connectivity index (χ0) is 20.3. The molecule has 0 saturated heterocycles. The Hall–Kier alpha value is -2.28. The van der Waals surface area contributed by atoms with Crippen LogP contribution in [-0.2, 0) is 20.7 Å². The van der Waals surface area contributed by atoms with E-state index < -0.39 is 23.7 Å². The summed E-state index contributed by atoms with van der Waals surface area (Å²) in [6.07, 6.45) is 1.28. The van der Waals surface area contributed by atoms with Gasteiger partial charge in [0.25, 0.3) is 0 Å². The Morgan fingerprint density at radius 1 is 1.15 bits per heavy atom. The van der Waals surface area contributed by atoms with Crippen molar-refractivity contribution in [2.75, 3.05) is 19.8 Å². The second-order valence-electron chi connectivity index (χ2n) is 7.14. The van der Waals surface area contributed by atoms with Crippen molar-refractivity contribution in [1.82, 2.24) is 5.32 Å². The predicted octanol–water partition coefficient (Wildman–Crippen LogP) is 2.84. The summed E-state index contributed by atoms with van der Waals surface area (Å²) in [5.41, 5.74) is 0.173. The Morgan fingerprint density at radius 2 is 1.81 bits per heavy atom. The molecular formula is C20H31NO6. The molecule has 0 aliphatic carbocycles. The first kappa shape index (κ1) is 22.8. The van der Waals surface area contributed by atoms with E-state index in [1.54, 1.807) is 45.0 Å². The van der Waals surface area contributed by atoms with Gasteiger partial charge in [0.05, 0.1) is 13.2 Å². The van der Waals surface area contributed by atoms with Gasteiger partial charge in [-0.3, -0.25) is 0 Å². The Kier molecular flexibility index (Phi) is 9.64. The molecule has 7 nitrogen and oxygen atoms in total. The Balaban J connectivity index is 2.77. The highest BCUT2D eigenvalue weighted by molar-refractivity contribution is 5.81. The molecule has 27 heavy (non-hydrogen) atoms. The normalized spacial score (nSPS) is 12.2. The van der Waals surface area contributed by atoms with Crippen LogP contribution in [-0.4, -0.2) is 48.6 Å². The lowest BCUT2D eigenvalue weighted by Crippen LogP contribution is -2.45. The lowest BCUT2D eigenvalue weighted by Gasteiger charge is -2.23. The van der Waals surface area contributed by atoms with Gasteiger partial charge >= 0.3 is 12.1 Å². The second kappa shape index (κ2) is 11.4. The van der Waals surface area contributed by atoms with Gasteiger partial charge in [-0.1, -0.05) is 25.5 Å². The lowest BCUT2D eigenvalue weighted by atomic mass is 10.1. The first-order valence-corrected chi connectivity index (χ1v) is 9.24. The maximum absolute atomic E-state index is 12.4. The van der Waals surface area contributed by atoms with E-state index in [-0.39, 0.29) is 19.6 Å². The molecule has 0 saturated carbocycles. The average molecular weight is 381 g/mol. The number of aliphatic hydroxyl groups is 1. The smallest absolute Gasteiger partial charge is 0.408 e. The van der Waals surface area contributed by atoms with E-state index in [1.165, 1.54) is 0 Å². The van der Waals surface area contributed by atoms with Gasteiger partial charge in [-0.05, 0) is 44.9 Å². The van der Waals surface area contributed by atoms with Gasteiger partial charge in [-0.25, -0.2) is 9.59 Å². The fourth-order valence-electron chi connectivity index (χ4n) is 2.18. The van der Waals surface area contributed by atoms with E-state index in [4.69, 9.17) is 19.3 Å². The van der Waals surface area contributed by atoms with E-state index in [2.05, 4.69) is 5.32 Å². The van der Waals surface area contributed by atoms with Crippen LogP contribution in [0.2, 0.25) is 0 Å². The molecule has 1 aromatic carbocycles. The number of aliphatic hydroxyl groups excluding tert-OH is 1. The summed E-state index contributed by atoms with van der Waals surface area (Å²) in [5.74, 6) is 0.130. The van der Waals surface area contributed by atoms with Crippen LogP contribution in [0.4, 0.5) is 4.79 Å². The molecule has 0 aromatic heterocycles. The Labute approximate surface area is 161 Å². The van der Waals surface area contributed by atoms with E-state index >= 15 is 0 Å². The number of benzene rings is 1. The molecule has 1 amide bonds. The van der Waals surface area contributed by atoms with Crippen LogP contribution in [0.5, 0.6) is 5.75 Å².